The van der Waals surface area contributed by atoms with Crippen LogP contribution in [-0.2, 0) is 9.53 Å². The number of esters is 1. The Bertz CT molecular complexity index is 484. The van der Waals surface area contributed by atoms with Crippen molar-refractivity contribution in [2.45, 2.75) is 19.5 Å². The summed E-state index contributed by atoms with van der Waals surface area (Å²) in [6.07, 6.45) is -1.10. The predicted octanol–water partition coefficient (Wildman–Crippen LogP) is 3.11. The SMILES string of the molecule is C=C(C(=O)OCCC)C(F)c1ccc([N+](=O)[O-])cc1. The monoisotopic (exact) mass is 267 g/mol. The number of ether oxygens (including phenoxy) is 1. The molecule has 0 saturated heterocycles. The average molecular weight is 267 g/mol. The summed E-state index contributed by atoms with van der Waals surface area (Å²) < 4.78 is 18.7. The third-order valence-electron chi connectivity index (χ3n) is 2.40. The molecule has 1 atom stereocenters. The maximum atomic E-state index is 14.0. The molecule has 0 fully saturated rings. The van der Waals surface area contributed by atoms with Crippen molar-refractivity contribution in [3.8, 4) is 0 Å². The molecule has 19 heavy (non-hydrogen) atoms. The van der Waals surface area contributed by atoms with Crippen molar-refractivity contribution in [3.63, 3.8) is 0 Å². The van der Waals surface area contributed by atoms with Crippen molar-refractivity contribution in [2.24, 2.45) is 0 Å². The molecule has 6 heteroatoms. The minimum absolute atomic E-state index is 0.129. The van der Waals surface area contributed by atoms with Gasteiger partial charge in [-0.2, -0.15) is 0 Å². The summed E-state index contributed by atoms with van der Waals surface area (Å²) in [4.78, 5) is 21.3. The summed E-state index contributed by atoms with van der Waals surface area (Å²) in [6.45, 7) is 5.38. The van der Waals surface area contributed by atoms with Crippen LogP contribution in [0.25, 0.3) is 0 Å². The third-order valence-corrected chi connectivity index (χ3v) is 2.40. The van der Waals surface area contributed by atoms with E-state index in [0.29, 0.717) is 6.42 Å². The molecule has 1 aromatic carbocycles. The van der Waals surface area contributed by atoms with Crippen LogP contribution in [0.1, 0.15) is 25.1 Å². The van der Waals surface area contributed by atoms with E-state index in [0.717, 1.165) is 0 Å². The van der Waals surface area contributed by atoms with Crippen molar-refractivity contribution in [3.05, 3.63) is 52.1 Å². The van der Waals surface area contributed by atoms with Crippen LogP contribution in [0.3, 0.4) is 0 Å². The Hall–Kier alpha value is -2.24. The lowest BCUT2D eigenvalue weighted by atomic mass is 10.0. The molecule has 102 valence electrons. The first-order valence-corrected chi connectivity index (χ1v) is 5.71. The summed E-state index contributed by atoms with van der Waals surface area (Å²) in [5.74, 6) is -0.798. The van der Waals surface area contributed by atoms with Crippen molar-refractivity contribution in [1.29, 1.82) is 0 Å². The zero-order chi connectivity index (χ0) is 14.4. The second-order valence-electron chi connectivity index (χ2n) is 3.87. The molecule has 0 bridgehead atoms. The highest BCUT2D eigenvalue weighted by molar-refractivity contribution is 5.89. The van der Waals surface area contributed by atoms with Gasteiger partial charge in [-0.25, -0.2) is 9.18 Å². The molecule has 0 aliphatic carbocycles. The van der Waals surface area contributed by atoms with Gasteiger partial charge < -0.3 is 4.74 Å². The fourth-order valence-corrected chi connectivity index (χ4v) is 1.36. The van der Waals surface area contributed by atoms with Gasteiger partial charge in [0.25, 0.3) is 5.69 Å². The van der Waals surface area contributed by atoms with Gasteiger partial charge >= 0.3 is 5.97 Å². The Morgan fingerprint density at radius 3 is 2.53 bits per heavy atom. The number of alkyl halides is 1. The van der Waals surface area contributed by atoms with Crippen LogP contribution in [-0.4, -0.2) is 17.5 Å². The Morgan fingerprint density at radius 2 is 2.05 bits per heavy atom. The molecule has 0 heterocycles. The van der Waals surface area contributed by atoms with Crippen molar-refractivity contribution < 1.29 is 18.8 Å². The lowest BCUT2D eigenvalue weighted by molar-refractivity contribution is -0.384. The second-order valence-corrected chi connectivity index (χ2v) is 3.87. The molecule has 0 spiro atoms. The van der Waals surface area contributed by atoms with E-state index in [4.69, 9.17) is 4.74 Å². The number of benzene rings is 1. The number of nitrogens with zero attached hydrogens (tertiary/aromatic N) is 1. The second kappa shape index (κ2) is 6.63. The van der Waals surface area contributed by atoms with Gasteiger partial charge in [-0.05, 0) is 24.1 Å². The lowest BCUT2D eigenvalue weighted by Gasteiger charge is -2.11. The predicted molar refractivity (Wildman–Crippen MR) is 67.3 cm³/mol. The molecule has 0 saturated carbocycles. The van der Waals surface area contributed by atoms with E-state index in [2.05, 4.69) is 6.58 Å². The number of non-ortho nitro benzene ring substituents is 1. The normalized spacial score (nSPS) is 11.7. The molecule has 5 nitrogen and oxygen atoms in total. The Morgan fingerprint density at radius 1 is 1.47 bits per heavy atom. The third kappa shape index (κ3) is 3.87. The summed E-state index contributed by atoms with van der Waals surface area (Å²) in [7, 11) is 0. The molecule has 1 aromatic rings. The number of rotatable bonds is 6. The number of halogens is 1. The quantitative estimate of drug-likeness (QED) is 0.343. The van der Waals surface area contributed by atoms with Crippen molar-refractivity contribution in [2.75, 3.05) is 6.61 Å². The number of nitro groups is 1. The first-order chi connectivity index (χ1) is 8.97. The molecule has 0 aliphatic rings. The molecule has 1 unspecified atom stereocenters. The molecule has 0 aliphatic heterocycles. The highest BCUT2D eigenvalue weighted by Gasteiger charge is 2.22. The van der Waals surface area contributed by atoms with Crippen LogP contribution in [0.2, 0.25) is 0 Å². The summed E-state index contributed by atoms with van der Waals surface area (Å²) >= 11 is 0. The van der Waals surface area contributed by atoms with Crippen molar-refractivity contribution >= 4 is 11.7 Å². The van der Waals surface area contributed by atoms with Crippen molar-refractivity contribution in [1.82, 2.24) is 0 Å². The number of hydrogen-bond acceptors (Lipinski definition) is 4. The Kier molecular flexibility index (Phi) is 5.17. The highest BCUT2D eigenvalue weighted by Crippen LogP contribution is 2.27. The molecule has 1 rings (SSSR count). The summed E-state index contributed by atoms with van der Waals surface area (Å²) in [6, 6.07) is 4.85. The summed E-state index contributed by atoms with van der Waals surface area (Å²) in [5.41, 5.74) is -0.332. The zero-order valence-corrected chi connectivity index (χ0v) is 10.5. The topological polar surface area (TPSA) is 69.4 Å². The van der Waals surface area contributed by atoms with Crippen LogP contribution in [0.4, 0.5) is 10.1 Å². The minimum Gasteiger partial charge on any atom is -0.462 e. The maximum Gasteiger partial charge on any atom is 0.336 e. The first-order valence-electron chi connectivity index (χ1n) is 5.71. The molecule has 0 amide bonds. The van der Waals surface area contributed by atoms with Gasteiger partial charge in [0.2, 0.25) is 0 Å². The van der Waals surface area contributed by atoms with Gasteiger partial charge in [0.05, 0.1) is 17.1 Å². The van der Waals surface area contributed by atoms with Crippen LogP contribution >= 0.6 is 0 Å². The number of nitro benzene ring substituents is 1. The molecule has 0 N–H and O–H groups in total. The highest BCUT2D eigenvalue weighted by atomic mass is 19.1. The fraction of sp³-hybridized carbons (Fsp3) is 0.308. The van der Waals surface area contributed by atoms with E-state index >= 15 is 0 Å². The van der Waals surface area contributed by atoms with E-state index in [-0.39, 0.29) is 23.4 Å². The molecule has 0 radical (unpaired) electrons. The van der Waals surface area contributed by atoms with E-state index in [1.54, 1.807) is 0 Å². The Balaban J connectivity index is 2.76. The van der Waals surface area contributed by atoms with Crippen LogP contribution in [0.5, 0.6) is 0 Å². The van der Waals surface area contributed by atoms with Gasteiger partial charge in [-0.15, -0.1) is 0 Å². The molecule has 0 aromatic heterocycles. The average Bonchev–Trinajstić information content (AvgIpc) is 2.43. The van der Waals surface area contributed by atoms with E-state index in [1.165, 1.54) is 24.3 Å². The van der Waals surface area contributed by atoms with Gasteiger partial charge in [-0.1, -0.05) is 13.5 Å². The molecular weight excluding hydrogens is 253 g/mol. The minimum atomic E-state index is -1.73. The van der Waals surface area contributed by atoms with Crippen LogP contribution < -0.4 is 0 Å². The van der Waals surface area contributed by atoms with E-state index in [1.807, 2.05) is 6.92 Å². The standard InChI is InChI=1S/C13H14FNO4/c1-3-8-19-13(16)9(2)12(14)10-4-6-11(7-5-10)15(17)18/h4-7,12H,2-3,8H2,1H3. The fourth-order valence-electron chi connectivity index (χ4n) is 1.36. The van der Waals surface area contributed by atoms with Gasteiger partial charge in [0, 0.05) is 12.1 Å². The smallest absolute Gasteiger partial charge is 0.336 e. The van der Waals surface area contributed by atoms with Gasteiger partial charge in [0.15, 0.2) is 6.17 Å². The maximum absolute atomic E-state index is 14.0. The van der Waals surface area contributed by atoms with E-state index < -0.39 is 17.1 Å². The zero-order valence-electron chi connectivity index (χ0n) is 10.5. The summed E-state index contributed by atoms with van der Waals surface area (Å²) in [5, 5.41) is 10.5. The van der Waals surface area contributed by atoms with Gasteiger partial charge in [-0.3, -0.25) is 10.1 Å². The number of carbonyl (C=O) groups is 1. The van der Waals surface area contributed by atoms with Crippen LogP contribution in [0.15, 0.2) is 36.4 Å². The van der Waals surface area contributed by atoms with E-state index in [9.17, 15) is 19.3 Å². The molecular formula is C13H14FNO4. The van der Waals surface area contributed by atoms with Crippen LogP contribution in [0, 0.1) is 10.1 Å². The largest absolute Gasteiger partial charge is 0.462 e. The lowest BCUT2D eigenvalue weighted by Crippen LogP contribution is -2.12. The van der Waals surface area contributed by atoms with Gasteiger partial charge in [0.1, 0.15) is 0 Å². The first kappa shape index (κ1) is 14.8. The number of carbonyl (C=O) groups excluding carboxylic acids is 1. The number of hydrogen-bond donors (Lipinski definition) is 0. The Labute approximate surface area is 109 Å².